The van der Waals surface area contributed by atoms with Crippen LogP contribution in [0, 0.1) is 0 Å². The van der Waals surface area contributed by atoms with Gasteiger partial charge < -0.3 is 54.4 Å². The third-order valence-corrected chi connectivity index (χ3v) is 8.96. The van der Waals surface area contributed by atoms with Gasteiger partial charge in [0.05, 0.1) is 98.5 Å². The van der Waals surface area contributed by atoms with Crippen molar-refractivity contribution in [1.29, 1.82) is 0 Å². The Bertz CT molecular complexity index is 1550. The number of anilines is 2. The van der Waals surface area contributed by atoms with E-state index in [4.69, 9.17) is 50.5 Å². The lowest BCUT2D eigenvalue weighted by molar-refractivity contribution is -0.117. The highest BCUT2D eigenvalue weighted by molar-refractivity contribution is 6.30. The van der Waals surface area contributed by atoms with Gasteiger partial charge >= 0.3 is 0 Å². The zero-order chi connectivity index (χ0) is 39.1. The van der Waals surface area contributed by atoms with E-state index >= 15 is 0 Å². The highest BCUT2D eigenvalue weighted by Gasteiger charge is 2.32. The van der Waals surface area contributed by atoms with Crippen LogP contribution in [0.5, 0.6) is 0 Å². The van der Waals surface area contributed by atoms with Crippen LogP contribution in [0.25, 0.3) is 11.1 Å². The third kappa shape index (κ3) is 15.8. The molecule has 3 aromatic rings. The first-order valence-corrected chi connectivity index (χ1v) is 19.3. The monoisotopic (exact) mass is 784 g/mol. The zero-order valence-electron chi connectivity index (χ0n) is 32.1. The molecule has 3 aromatic carbocycles. The van der Waals surface area contributed by atoms with Crippen molar-refractivity contribution in [2.75, 3.05) is 116 Å². The van der Waals surface area contributed by atoms with Crippen LogP contribution in [-0.2, 0) is 38.0 Å². The molecule has 2 atom stereocenters. The molecule has 0 aromatic heterocycles. The predicted octanol–water partition coefficient (Wildman–Crippen LogP) is 5.11. The molecule has 0 aliphatic carbocycles. The number of carbonyl (C=O) groups is 2. The van der Waals surface area contributed by atoms with Crippen LogP contribution in [0.1, 0.15) is 42.2 Å². The molecule has 0 bridgehead atoms. The Balaban J connectivity index is 1.06. The summed E-state index contributed by atoms with van der Waals surface area (Å²) in [5.74, 6) is -0.159. The molecule has 1 aliphatic heterocycles. The van der Waals surface area contributed by atoms with Gasteiger partial charge in [0.1, 0.15) is 0 Å². The number of carbonyl (C=O) groups excluding carboxylic acids is 2. The molecular formula is C41H57ClN4O9. The van der Waals surface area contributed by atoms with E-state index in [2.05, 4.69) is 23.6 Å². The molecule has 302 valence electrons. The van der Waals surface area contributed by atoms with Crippen LogP contribution < -0.4 is 21.3 Å². The summed E-state index contributed by atoms with van der Waals surface area (Å²) in [7, 11) is 0. The minimum atomic E-state index is -0.172. The lowest BCUT2D eigenvalue weighted by atomic mass is 9.88. The molecule has 55 heavy (non-hydrogen) atoms. The smallest absolute Gasteiger partial charge is 0.251 e. The van der Waals surface area contributed by atoms with Crippen molar-refractivity contribution in [3.8, 4) is 11.1 Å². The fourth-order valence-electron chi connectivity index (χ4n) is 6.07. The molecular weight excluding hydrogens is 728 g/mol. The summed E-state index contributed by atoms with van der Waals surface area (Å²) >= 11 is 6.11. The van der Waals surface area contributed by atoms with Crippen LogP contribution in [0.3, 0.4) is 0 Å². The molecule has 4 rings (SSSR count). The summed E-state index contributed by atoms with van der Waals surface area (Å²) in [6, 6.07) is 21.4. The summed E-state index contributed by atoms with van der Waals surface area (Å²) in [4.78, 5) is 27.3. The van der Waals surface area contributed by atoms with Crippen LogP contribution >= 0.6 is 11.6 Å². The molecule has 0 unspecified atom stereocenters. The fourth-order valence-corrected chi connectivity index (χ4v) is 6.19. The first-order valence-electron chi connectivity index (χ1n) is 19.0. The minimum Gasteiger partial charge on any atom is -0.378 e. The van der Waals surface area contributed by atoms with Crippen molar-refractivity contribution >= 4 is 34.8 Å². The molecule has 0 spiro atoms. The minimum absolute atomic E-state index is 0.00144. The summed E-state index contributed by atoms with van der Waals surface area (Å²) in [6.07, 6.45) is 0.754. The zero-order valence-corrected chi connectivity index (χ0v) is 32.9. The van der Waals surface area contributed by atoms with Crippen LogP contribution in [-0.4, -0.2) is 123 Å². The van der Waals surface area contributed by atoms with Crippen molar-refractivity contribution in [3.63, 3.8) is 0 Å². The van der Waals surface area contributed by atoms with E-state index < -0.39 is 0 Å². The molecule has 0 saturated heterocycles. The average Bonchev–Trinajstić information content (AvgIpc) is 3.18. The van der Waals surface area contributed by atoms with Gasteiger partial charge in [-0.15, -0.1) is 0 Å². The van der Waals surface area contributed by atoms with Crippen LogP contribution in [0.2, 0.25) is 5.02 Å². The van der Waals surface area contributed by atoms with Crippen molar-refractivity contribution < 1.29 is 42.7 Å². The second kappa shape index (κ2) is 25.5. The van der Waals surface area contributed by atoms with E-state index in [1.54, 1.807) is 6.92 Å². The largest absolute Gasteiger partial charge is 0.378 e. The van der Waals surface area contributed by atoms with E-state index in [-0.39, 0.29) is 23.9 Å². The Labute approximate surface area is 330 Å². The molecule has 13 nitrogen and oxygen atoms in total. The molecule has 4 N–H and O–H groups in total. The molecule has 2 amide bonds. The summed E-state index contributed by atoms with van der Waals surface area (Å²) < 4.78 is 38.2. The molecule has 1 heterocycles. The quantitative estimate of drug-likeness (QED) is 0.0885. The number of nitrogens with two attached hydrogens (primary N) is 1. The molecule has 0 fully saturated rings. The number of fused-ring (bicyclic) bond motifs is 1. The molecule has 0 saturated carbocycles. The van der Waals surface area contributed by atoms with Crippen LogP contribution in [0.4, 0.5) is 11.4 Å². The molecule has 0 radical (unpaired) electrons. The predicted molar refractivity (Wildman–Crippen MR) is 214 cm³/mol. The first kappa shape index (κ1) is 44.1. The number of nitrogens with zero attached hydrogens (tertiary/aromatic N) is 1. The second-order valence-corrected chi connectivity index (χ2v) is 13.3. The van der Waals surface area contributed by atoms with Gasteiger partial charge in [-0.05, 0) is 78.6 Å². The maximum atomic E-state index is 12.8. The standard InChI is InChI=1S/C41H57ClN4O9/c1-31-29-39(45-37-10-8-36(42)9-11-37)38-30-35(7-12-40(38)46(31)32(2)47)33-3-5-34(6-4-33)41(48)44-14-16-50-18-20-52-22-24-54-26-28-55-27-25-53-23-21-51-19-17-49-15-13-43/h3-12,30-31,39,45H,13-29,43H2,1-2H3,(H,44,48)/t31-,39+/m0/s1. The highest BCUT2D eigenvalue weighted by atomic mass is 35.5. The van der Waals surface area contributed by atoms with E-state index in [0.29, 0.717) is 116 Å². The lowest BCUT2D eigenvalue weighted by Crippen LogP contribution is -2.43. The van der Waals surface area contributed by atoms with Crippen LogP contribution in [0.15, 0.2) is 66.7 Å². The Morgan fingerprint density at radius 3 is 1.69 bits per heavy atom. The summed E-state index contributed by atoms with van der Waals surface area (Å²) in [5, 5.41) is 7.21. The second-order valence-electron chi connectivity index (χ2n) is 12.9. The number of halogens is 1. The van der Waals surface area contributed by atoms with Gasteiger partial charge in [0.15, 0.2) is 0 Å². The summed E-state index contributed by atoms with van der Waals surface area (Å²) in [5.41, 5.74) is 10.8. The van der Waals surface area contributed by atoms with Crippen molar-refractivity contribution in [1.82, 2.24) is 5.32 Å². The number of amides is 2. The maximum Gasteiger partial charge on any atom is 0.251 e. The Morgan fingerprint density at radius 2 is 1.18 bits per heavy atom. The van der Waals surface area contributed by atoms with E-state index in [0.717, 1.165) is 34.5 Å². The SMILES string of the molecule is CC(=O)N1c2ccc(-c3ccc(C(=O)NCCOCCOCCOCCOCCOCCOCCOCCN)cc3)cc2[C@H](Nc2ccc(Cl)cc2)C[C@@H]1C. The van der Waals surface area contributed by atoms with Gasteiger partial charge in [-0.25, -0.2) is 0 Å². The number of hydrogen-bond acceptors (Lipinski definition) is 11. The average molecular weight is 785 g/mol. The van der Waals surface area contributed by atoms with Gasteiger partial charge in [-0.3, -0.25) is 9.59 Å². The van der Waals surface area contributed by atoms with Crippen molar-refractivity contribution in [2.45, 2.75) is 32.4 Å². The van der Waals surface area contributed by atoms with E-state index in [1.165, 1.54) is 0 Å². The Hall–Kier alpha value is -3.63. The number of ether oxygens (including phenoxy) is 7. The number of rotatable bonds is 27. The topological polar surface area (TPSA) is 152 Å². The van der Waals surface area contributed by atoms with Crippen molar-refractivity contribution in [3.05, 3.63) is 82.9 Å². The first-order chi connectivity index (χ1) is 26.9. The number of benzene rings is 3. The van der Waals surface area contributed by atoms with E-state index in [9.17, 15) is 9.59 Å². The Morgan fingerprint density at radius 1 is 0.691 bits per heavy atom. The van der Waals surface area contributed by atoms with Gasteiger partial charge in [-0.2, -0.15) is 0 Å². The normalized spacial score (nSPS) is 15.2. The molecule has 14 heteroatoms. The number of nitrogens with one attached hydrogen (secondary N) is 2. The van der Waals surface area contributed by atoms with Gasteiger partial charge in [-0.1, -0.05) is 29.8 Å². The third-order valence-electron chi connectivity index (χ3n) is 8.71. The van der Waals surface area contributed by atoms with Gasteiger partial charge in [0.2, 0.25) is 5.91 Å². The highest BCUT2D eigenvalue weighted by Crippen LogP contribution is 2.41. The van der Waals surface area contributed by atoms with E-state index in [1.807, 2.05) is 65.6 Å². The maximum absolute atomic E-state index is 12.8. The number of hydrogen-bond donors (Lipinski definition) is 3. The molecule has 1 aliphatic rings. The summed E-state index contributed by atoms with van der Waals surface area (Å²) in [6.45, 7) is 11.3. The lowest BCUT2D eigenvalue weighted by Gasteiger charge is -2.39. The van der Waals surface area contributed by atoms with Gasteiger partial charge in [0, 0.05) is 48.0 Å². The Kier molecular flexibility index (Phi) is 20.5. The fraction of sp³-hybridized carbons (Fsp3) is 0.512. The van der Waals surface area contributed by atoms with Gasteiger partial charge in [0.25, 0.3) is 5.91 Å². The van der Waals surface area contributed by atoms with Crippen molar-refractivity contribution in [2.24, 2.45) is 5.73 Å².